The zero-order chi connectivity index (χ0) is 12.1. The van der Waals surface area contributed by atoms with Gasteiger partial charge >= 0.3 is 0 Å². The average molecular weight is 226 g/mol. The third-order valence-electron chi connectivity index (χ3n) is 2.89. The van der Waals surface area contributed by atoms with Crippen LogP contribution in [0.3, 0.4) is 0 Å². The molecule has 1 aliphatic rings. The highest BCUT2D eigenvalue weighted by atomic mass is 15.3. The van der Waals surface area contributed by atoms with Crippen molar-refractivity contribution in [2.75, 3.05) is 37.6 Å². The molecule has 4 nitrogen and oxygen atoms in total. The lowest BCUT2D eigenvalue weighted by molar-refractivity contribution is 0.287. The number of aromatic nitrogens is 1. The molecule has 1 aliphatic heterocycles. The third kappa shape index (κ3) is 2.75. The van der Waals surface area contributed by atoms with Gasteiger partial charge in [-0.1, -0.05) is 5.92 Å². The first kappa shape index (κ1) is 11.4. The maximum absolute atomic E-state index is 8.85. The lowest BCUT2D eigenvalue weighted by Gasteiger charge is -2.34. The van der Waals surface area contributed by atoms with E-state index in [9.17, 15) is 0 Å². The van der Waals surface area contributed by atoms with Crippen molar-refractivity contribution < 1.29 is 0 Å². The van der Waals surface area contributed by atoms with Gasteiger partial charge in [-0.05, 0) is 12.1 Å². The van der Waals surface area contributed by atoms with E-state index in [1.165, 1.54) is 0 Å². The second-order valence-corrected chi connectivity index (χ2v) is 3.98. The molecule has 0 spiro atoms. The summed E-state index contributed by atoms with van der Waals surface area (Å²) < 4.78 is 0. The van der Waals surface area contributed by atoms with Crippen molar-refractivity contribution in [2.24, 2.45) is 0 Å². The molecule has 2 rings (SSSR count). The van der Waals surface area contributed by atoms with Crippen molar-refractivity contribution in [3.05, 3.63) is 23.9 Å². The third-order valence-corrected chi connectivity index (χ3v) is 2.89. The fourth-order valence-corrected chi connectivity index (χ4v) is 1.93. The van der Waals surface area contributed by atoms with Gasteiger partial charge in [0.05, 0.1) is 18.2 Å². The molecule has 0 N–H and O–H groups in total. The lowest BCUT2D eigenvalue weighted by Crippen LogP contribution is -2.46. The number of terminal acetylenes is 1. The zero-order valence-electron chi connectivity index (χ0n) is 9.63. The molecule has 2 heterocycles. The summed E-state index contributed by atoms with van der Waals surface area (Å²) in [4.78, 5) is 8.73. The number of hydrogen-bond donors (Lipinski definition) is 0. The summed E-state index contributed by atoms with van der Waals surface area (Å²) in [5.41, 5.74) is 0.654. The van der Waals surface area contributed by atoms with E-state index in [1.807, 2.05) is 6.07 Å². The first-order valence-electron chi connectivity index (χ1n) is 5.60. The highest BCUT2D eigenvalue weighted by molar-refractivity contribution is 5.45. The Labute approximate surface area is 101 Å². The monoisotopic (exact) mass is 226 g/mol. The molecule has 0 saturated carbocycles. The topological polar surface area (TPSA) is 43.2 Å². The van der Waals surface area contributed by atoms with E-state index in [0.717, 1.165) is 32.0 Å². The van der Waals surface area contributed by atoms with E-state index in [4.69, 9.17) is 11.7 Å². The number of hydrogen-bond acceptors (Lipinski definition) is 4. The molecule has 0 aliphatic carbocycles. The van der Waals surface area contributed by atoms with Crippen LogP contribution in [0.4, 0.5) is 5.82 Å². The van der Waals surface area contributed by atoms with Crippen molar-refractivity contribution >= 4 is 5.82 Å². The average Bonchev–Trinajstić information content (AvgIpc) is 2.40. The van der Waals surface area contributed by atoms with Crippen LogP contribution >= 0.6 is 0 Å². The summed E-state index contributed by atoms with van der Waals surface area (Å²) in [6, 6.07) is 5.68. The van der Waals surface area contributed by atoms with Crippen LogP contribution in [0, 0.1) is 23.7 Å². The molecular formula is C13H14N4. The van der Waals surface area contributed by atoms with Gasteiger partial charge in [0.25, 0.3) is 0 Å². The molecule has 0 unspecified atom stereocenters. The maximum Gasteiger partial charge on any atom is 0.129 e. The van der Waals surface area contributed by atoms with E-state index in [1.54, 1.807) is 12.3 Å². The van der Waals surface area contributed by atoms with Gasteiger partial charge in [0.1, 0.15) is 5.82 Å². The Hall–Kier alpha value is -2.04. The van der Waals surface area contributed by atoms with Crippen LogP contribution in [0.15, 0.2) is 18.3 Å². The van der Waals surface area contributed by atoms with E-state index >= 15 is 0 Å². The van der Waals surface area contributed by atoms with Crippen molar-refractivity contribution in [3.63, 3.8) is 0 Å². The molecule has 86 valence electrons. The van der Waals surface area contributed by atoms with Crippen LogP contribution in [-0.2, 0) is 0 Å². The van der Waals surface area contributed by atoms with Crippen LogP contribution in [0.1, 0.15) is 5.56 Å². The van der Waals surface area contributed by atoms with Crippen LogP contribution < -0.4 is 4.90 Å². The van der Waals surface area contributed by atoms with Gasteiger partial charge in [-0.2, -0.15) is 5.26 Å². The summed E-state index contributed by atoms with van der Waals surface area (Å²) >= 11 is 0. The van der Waals surface area contributed by atoms with Gasteiger partial charge in [-0.15, -0.1) is 6.42 Å². The summed E-state index contributed by atoms with van der Waals surface area (Å²) in [5.74, 6) is 3.54. The minimum absolute atomic E-state index is 0.654. The standard InChI is InChI=1S/C13H14N4/c1-2-5-16-6-8-17(9-7-16)13-10-12(11-14)3-4-15-13/h1,3-4,10H,5-9H2. The molecule has 0 radical (unpaired) electrons. The summed E-state index contributed by atoms with van der Waals surface area (Å²) in [6.45, 7) is 4.41. The minimum atomic E-state index is 0.654. The molecule has 1 saturated heterocycles. The minimum Gasteiger partial charge on any atom is -0.354 e. The Balaban J connectivity index is 2.01. The van der Waals surface area contributed by atoms with Crippen molar-refractivity contribution in [3.8, 4) is 18.4 Å². The SMILES string of the molecule is C#CCN1CCN(c2cc(C#N)ccn2)CC1. The largest absolute Gasteiger partial charge is 0.354 e. The fourth-order valence-electron chi connectivity index (χ4n) is 1.93. The van der Waals surface area contributed by atoms with Gasteiger partial charge in [0, 0.05) is 32.4 Å². The molecule has 17 heavy (non-hydrogen) atoms. The lowest BCUT2D eigenvalue weighted by atomic mass is 10.2. The Bertz CT molecular complexity index is 461. The molecule has 0 atom stereocenters. The second-order valence-electron chi connectivity index (χ2n) is 3.98. The molecule has 0 amide bonds. The van der Waals surface area contributed by atoms with Crippen molar-refractivity contribution in [1.82, 2.24) is 9.88 Å². The predicted octanol–water partition coefficient (Wildman–Crippen LogP) is 0.708. The van der Waals surface area contributed by atoms with E-state index in [2.05, 4.69) is 26.8 Å². The van der Waals surface area contributed by atoms with E-state index in [0.29, 0.717) is 12.1 Å². The van der Waals surface area contributed by atoms with Gasteiger partial charge in [0.15, 0.2) is 0 Å². The Morgan fingerprint density at radius 3 is 2.76 bits per heavy atom. The first-order chi connectivity index (χ1) is 8.33. The zero-order valence-corrected chi connectivity index (χ0v) is 9.63. The smallest absolute Gasteiger partial charge is 0.129 e. The fraction of sp³-hybridized carbons (Fsp3) is 0.385. The number of nitrogens with zero attached hydrogens (tertiary/aromatic N) is 4. The molecule has 1 aromatic heterocycles. The van der Waals surface area contributed by atoms with Crippen LogP contribution in [0.5, 0.6) is 0 Å². The van der Waals surface area contributed by atoms with Gasteiger partial charge in [-0.25, -0.2) is 4.98 Å². The molecule has 1 aromatic rings. The summed E-state index contributed by atoms with van der Waals surface area (Å²) in [5, 5.41) is 8.85. The molecule has 0 bridgehead atoms. The van der Waals surface area contributed by atoms with E-state index in [-0.39, 0.29) is 0 Å². The maximum atomic E-state index is 8.85. The highest BCUT2D eigenvalue weighted by Gasteiger charge is 2.17. The van der Waals surface area contributed by atoms with Gasteiger partial charge in [-0.3, -0.25) is 4.90 Å². The Kier molecular flexibility index (Phi) is 3.59. The number of rotatable bonds is 2. The number of anilines is 1. The molecular weight excluding hydrogens is 212 g/mol. The Morgan fingerprint density at radius 1 is 1.35 bits per heavy atom. The quantitative estimate of drug-likeness (QED) is 0.697. The number of nitriles is 1. The van der Waals surface area contributed by atoms with Crippen LogP contribution in [-0.4, -0.2) is 42.6 Å². The summed E-state index contributed by atoms with van der Waals surface area (Å²) in [6.07, 6.45) is 6.97. The first-order valence-corrected chi connectivity index (χ1v) is 5.60. The molecule has 1 fully saturated rings. The van der Waals surface area contributed by atoms with Crippen molar-refractivity contribution in [2.45, 2.75) is 0 Å². The second kappa shape index (κ2) is 5.34. The van der Waals surface area contributed by atoms with E-state index < -0.39 is 0 Å². The molecule has 4 heteroatoms. The predicted molar refractivity (Wildman–Crippen MR) is 66.4 cm³/mol. The number of pyridine rings is 1. The van der Waals surface area contributed by atoms with Crippen LogP contribution in [0.2, 0.25) is 0 Å². The van der Waals surface area contributed by atoms with Gasteiger partial charge in [0.2, 0.25) is 0 Å². The number of piperazine rings is 1. The Morgan fingerprint density at radius 2 is 2.12 bits per heavy atom. The molecule has 0 aromatic carbocycles. The van der Waals surface area contributed by atoms with Gasteiger partial charge < -0.3 is 4.90 Å². The summed E-state index contributed by atoms with van der Waals surface area (Å²) in [7, 11) is 0. The normalized spacial score (nSPS) is 16.2. The van der Waals surface area contributed by atoms with Crippen LogP contribution in [0.25, 0.3) is 0 Å². The van der Waals surface area contributed by atoms with Crippen molar-refractivity contribution in [1.29, 1.82) is 5.26 Å². The highest BCUT2D eigenvalue weighted by Crippen LogP contribution is 2.14.